The van der Waals surface area contributed by atoms with Crippen LogP contribution in [-0.4, -0.2) is 31.8 Å². The van der Waals surface area contributed by atoms with Gasteiger partial charge in [0.05, 0.1) is 13.1 Å². The number of hydrogen-bond donors (Lipinski definition) is 2. The molecule has 2 aromatic heterocycles. The molecule has 0 radical (unpaired) electrons. The lowest BCUT2D eigenvalue weighted by Gasteiger charge is -2.11. The van der Waals surface area contributed by atoms with Gasteiger partial charge in [0.1, 0.15) is 5.82 Å². The van der Waals surface area contributed by atoms with Gasteiger partial charge in [-0.3, -0.25) is 0 Å². The van der Waals surface area contributed by atoms with E-state index in [2.05, 4.69) is 44.7 Å². The van der Waals surface area contributed by atoms with Crippen molar-refractivity contribution in [2.75, 3.05) is 6.54 Å². The zero-order valence-corrected chi connectivity index (χ0v) is 13.4. The molecule has 0 bridgehead atoms. The van der Waals surface area contributed by atoms with E-state index in [0.717, 1.165) is 23.2 Å². The first-order valence-electron chi connectivity index (χ1n) is 7.19. The van der Waals surface area contributed by atoms with Crippen molar-refractivity contribution in [2.45, 2.75) is 20.0 Å². The summed E-state index contributed by atoms with van der Waals surface area (Å²) in [6.07, 6.45) is 5.87. The lowest BCUT2D eigenvalue weighted by molar-refractivity contribution is 0.721. The van der Waals surface area contributed by atoms with Gasteiger partial charge >= 0.3 is 0 Å². The summed E-state index contributed by atoms with van der Waals surface area (Å²) >= 11 is 0. The van der Waals surface area contributed by atoms with Crippen molar-refractivity contribution in [3.8, 4) is 0 Å². The van der Waals surface area contributed by atoms with Crippen molar-refractivity contribution < 1.29 is 0 Å². The highest BCUT2D eigenvalue weighted by Crippen LogP contribution is 2.01. The summed E-state index contributed by atoms with van der Waals surface area (Å²) in [5.74, 6) is 2.48. The Kier molecular flexibility index (Phi) is 5.35. The summed E-state index contributed by atoms with van der Waals surface area (Å²) in [4.78, 5) is 4.57. The Balaban J connectivity index is 1.98. The van der Waals surface area contributed by atoms with E-state index in [0.29, 0.717) is 19.6 Å². The summed E-state index contributed by atoms with van der Waals surface area (Å²) in [7, 11) is 3.95. The van der Waals surface area contributed by atoms with Gasteiger partial charge in [-0.15, -0.1) is 16.8 Å². The summed E-state index contributed by atoms with van der Waals surface area (Å²) < 4.78 is 3.97. The molecule has 2 aromatic rings. The Morgan fingerprint density at radius 2 is 2.18 bits per heavy atom. The Hall–Kier alpha value is -2.57. The quantitative estimate of drug-likeness (QED) is 0.472. The molecular formula is C15H23N7. The Morgan fingerprint density at radius 1 is 1.36 bits per heavy atom. The molecule has 0 saturated heterocycles. The van der Waals surface area contributed by atoms with Crippen LogP contribution in [-0.2, 0) is 27.2 Å². The summed E-state index contributed by atoms with van der Waals surface area (Å²) in [5, 5.41) is 14.6. The van der Waals surface area contributed by atoms with Gasteiger partial charge in [0.15, 0.2) is 11.8 Å². The summed E-state index contributed by atoms with van der Waals surface area (Å²) in [6.45, 7) is 7.47. The second kappa shape index (κ2) is 7.44. The van der Waals surface area contributed by atoms with E-state index in [1.807, 2.05) is 36.4 Å². The third-order valence-corrected chi connectivity index (χ3v) is 3.32. The van der Waals surface area contributed by atoms with Crippen LogP contribution < -0.4 is 10.6 Å². The highest BCUT2D eigenvalue weighted by Gasteiger charge is 2.06. The van der Waals surface area contributed by atoms with Gasteiger partial charge in [0, 0.05) is 33.0 Å². The molecule has 0 spiro atoms. The summed E-state index contributed by atoms with van der Waals surface area (Å²) in [5.41, 5.74) is 1.16. The first-order valence-corrected chi connectivity index (χ1v) is 7.19. The van der Waals surface area contributed by atoms with Crippen molar-refractivity contribution in [1.82, 2.24) is 30.0 Å². The van der Waals surface area contributed by atoms with Crippen LogP contribution in [0.2, 0.25) is 0 Å². The van der Waals surface area contributed by atoms with Crippen LogP contribution in [0, 0.1) is 6.92 Å². The minimum atomic E-state index is 0.565. The number of nitrogens with zero attached hydrogens (tertiary/aromatic N) is 5. The topological polar surface area (TPSA) is 72.1 Å². The molecule has 0 aliphatic heterocycles. The second-order valence-corrected chi connectivity index (χ2v) is 5.10. The maximum Gasteiger partial charge on any atom is 0.192 e. The molecule has 0 amide bonds. The molecule has 118 valence electrons. The monoisotopic (exact) mass is 301 g/mol. The van der Waals surface area contributed by atoms with Gasteiger partial charge in [0.2, 0.25) is 0 Å². The van der Waals surface area contributed by atoms with Crippen molar-refractivity contribution in [2.24, 2.45) is 19.1 Å². The Bertz CT molecular complexity index is 651. The van der Waals surface area contributed by atoms with Gasteiger partial charge in [0.25, 0.3) is 0 Å². The van der Waals surface area contributed by atoms with Gasteiger partial charge in [-0.1, -0.05) is 6.08 Å². The third kappa shape index (κ3) is 4.21. The minimum absolute atomic E-state index is 0.565. The van der Waals surface area contributed by atoms with E-state index in [1.54, 1.807) is 6.08 Å². The molecule has 0 saturated carbocycles. The van der Waals surface area contributed by atoms with E-state index in [-0.39, 0.29) is 0 Å². The predicted molar refractivity (Wildman–Crippen MR) is 87.3 cm³/mol. The second-order valence-electron chi connectivity index (χ2n) is 5.10. The lowest BCUT2D eigenvalue weighted by Crippen LogP contribution is -2.37. The van der Waals surface area contributed by atoms with Crippen LogP contribution in [0.3, 0.4) is 0 Å². The van der Waals surface area contributed by atoms with Crippen molar-refractivity contribution >= 4 is 5.96 Å². The maximum absolute atomic E-state index is 4.57. The zero-order chi connectivity index (χ0) is 15.9. The highest BCUT2D eigenvalue weighted by molar-refractivity contribution is 5.79. The number of aliphatic imine (C=N–C) groups is 1. The fourth-order valence-electron chi connectivity index (χ4n) is 1.94. The van der Waals surface area contributed by atoms with E-state index in [4.69, 9.17) is 0 Å². The average Bonchev–Trinajstić information content (AvgIpc) is 3.06. The molecular weight excluding hydrogens is 278 g/mol. The minimum Gasteiger partial charge on any atom is -0.357 e. The fourth-order valence-corrected chi connectivity index (χ4v) is 1.94. The van der Waals surface area contributed by atoms with Crippen LogP contribution in [0.1, 0.15) is 17.2 Å². The Labute approximate surface area is 130 Å². The standard InChI is InChI=1S/C15H23N7/c1-5-7-16-15(17-9-13-6-8-21(3)11-13)18-10-14-20-19-12(2)22(14)4/h5-6,8,11H,1,7,9-10H2,2-4H3,(H2,16,17,18). The molecule has 2 rings (SSSR count). The Morgan fingerprint density at radius 3 is 2.77 bits per heavy atom. The number of aromatic nitrogens is 4. The summed E-state index contributed by atoms with van der Waals surface area (Å²) in [6, 6.07) is 2.06. The normalized spacial score (nSPS) is 11.5. The van der Waals surface area contributed by atoms with Crippen LogP contribution >= 0.6 is 0 Å². The molecule has 22 heavy (non-hydrogen) atoms. The van der Waals surface area contributed by atoms with E-state index in [1.165, 1.54) is 0 Å². The molecule has 2 heterocycles. The third-order valence-electron chi connectivity index (χ3n) is 3.32. The number of nitrogens with one attached hydrogen (secondary N) is 2. The van der Waals surface area contributed by atoms with Crippen molar-refractivity contribution in [3.05, 3.63) is 48.3 Å². The first kappa shape index (κ1) is 15.8. The molecule has 0 aliphatic rings. The molecule has 7 nitrogen and oxygen atoms in total. The van der Waals surface area contributed by atoms with Crippen LogP contribution in [0.15, 0.2) is 36.1 Å². The van der Waals surface area contributed by atoms with Crippen LogP contribution in [0.25, 0.3) is 0 Å². The molecule has 0 unspecified atom stereocenters. The average molecular weight is 301 g/mol. The molecule has 2 N–H and O–H groups in total. The van der Waals surface area contributed by atoms with E-state index < -0.39 is 0 Å². The fraction of sp³-hybridized carbons (Fsp3) is 0.400. The SMILES string of the molecule is C=CCNC(=NCc1ccn(C)c1)NCc1nnc(C)n1C. The van der Waals surface area contributed by atoms with Gasteiger partial charge in [-0.05, 0) is 18.6 Å². The smallest absolute Gasteiger partial charge is 0.192 e. The number of aryl methyl sites for hydroxylation is 2. The molecule has 0 atom stereocenters. The van der Waals surface area contributed by atoms with Crippen LogP contribution in [0.5, 0.6) is 0 Å². The molecule has 0 aromatic carbocycles. The highest BCUT2D eigenvalue weighted by atomic mass is 15.3. The number of hydrogen-bond acceptors (Lipinski definition) is 3. The van der Waals surface area contributed by atoms with Crippen molar-refractivity contribution in [1.29, 1.82) is 0 Å². The largest absolute Gasteiger partial charge is 0.357 e. The molecule has 0 fully saturated rings. The molecule has 0 aliphatic carbocycles. The zero-order valence-electron chi connectivity index (χ0n) is 13.4. The van der Waals surface area contributed by atoms with E-state index in [9.17, 15) is 0 Å². The lowest BCUT2D eigenvalue weighted by atomic mass is 10.3. The van der Waals surface area contributed by atoms with Crippen molar-refractivity contribution in [3.63, 3.8) is 0 Å². The van der Waals surface area contributed by atoms with Crippen LogP contribution in [0.4, 0.5) is 0 Å². The van der Waals surface area contributed by atoms with Gasteiger partial charge in [-0.25, -0.2) is 4.99 Å². The number of rotatable bonds is 6. The van der Waals surface area contributed by atoms with Gasteiger partial charge < -0.3 is 19.8 Å². The number of guanidine groups is 1. The maximum atomic E-state index is 4.57. The first-order chi connectivity index (χ1) is 10.6. The molecule has 7 heteroatoms. The van der Waals surface area contributed by atoms with Gasteiger partial charge in [-0.2, -0.15) is 0 Å². The van der Waals surface area contributed by atoms with E-state index >= 15 is 0 Å². The predicted octanol–water partition coefficient (Wildman–Crippen LogP) is 0.883.